The quantitative estimate of drug-likeness (QED) is 0.523. The van der Waals surface area contributed by atoms with Crippen LogP contribution in [0.3, 0.4) is 0 Å². The fourth-order valence-corrected chi connectivity index (χ4v) is 8.01. The number of rotatable bonds is 4. The van der Waals surface area contributed by atoms with Crippen molar-refractivity contribution in [2.24, 2.45) is 5.92 Å². The monoisotopic (exact) mass is 672 g/mol. The van der Waals surface area contributed by atoms with E-state index in [1.165, 1.54) is 21.3 Å². The molecule has 1 unspecified atom stereocenters. The predicted molar refractivity (Wildman–Crippen MR) is 173 cm³/mol. The Labute approximate surface area is 276 Å². The molecule has 0 aliphatic carbocycles. The molecule has 3 amide bonds. The molecule has 0 spiro atoms. The smallest absolute Gasteiger partial charge is 0.410 e. The second kappa shape index (κ2) is 14.2. The van der Waals surface area contributed by atoms with Gasteiger partial charge in [-0.1, -0.05) is 12.1 Å². The van der Waals surface area contributed by atoms with Crippen LogP contribution in [-0.2, 0) is 30.8 Å². The van der Waals surface area contributed by atoms with Crippen molar-refractivity contribution in [1.29, 1.82) is 0 Å². The zero-order chi connectivity index (χ0) is 33.9. The van der Waals surface area contributed by atoms with Gasteiger partial charge in [-0.25, -0.2) is 17.6 Å². The Bertz CT molecular complexity index is 1590. The molecule has 3 heterocycles. The van der Waals surface area contributed by atoms with Crippen molar-refractivity contribution in [3.8, 4) is 5.75 Å². The number of sulfonamides is 1. The lowest BCUT2D eigenvalue weighted by molar-refractivity contribution is -0.129. The van der Waals surface area contributed by atoms with Crippen molar-refractivity contribution >= 4 is 27.9 Å². The molecular weight excluding hydrogens is 627 g/mol. The average Bonchev–Trinajstić information content (AvgIpc) is 3.35. The van der Waals surface area contributed by atoms with E-state index in [0.29, 0.717) is 43.9 Å². The normalized spacial score (nSPS) is 23.4. The number of piperazine rings is 1. The molecule has 13 heteroatoms. The summed E-state index contributed by atoms with van der Waals surface area (Å²) in [5.74, 6) is -1.06. The van der Waals surface area contributed by atoms with Crippen molar-refractivity contribution < 1.29 is 36.7 Å². The highest BCUT2D eigenvalue weighted by Crippen LogP contribution is 2.27. The molecular formula is C34H45FN4O7S. The van der Waals surface area contributed by atoms with Gasteiger partial charge >= 0.3 is 6.09 Å². The van der Waals surface area contributed by atoms with Gasteiger partial charge in [0.25, 0.3) is 0 Å². The van der Waals surface area contributed by atoms with Gasteiger partial charge in [0.1, 0.15) is 17.2 Å². The van der Waals surface area contributed by atoms with E-state index in [4.69, 9.17) is 9.47 Å². The van der Waals surface area contributed by atoms with Crippen LogP contribution in [0.5, 0.6) is 5.75 Å². The molecule has 5 rings (SSSR count). The Kier molecular flexibility index (Phi) is 10.4. The van der Waals surface area contributed by atoms with Crippen LogP contribution in [0, 0.1) is 18.7 Å². The number of benzene rings is 2. The highest BCUT2D eigenvalue weighted by Gasteiger charge is 2.40. The number of nitrogens with one attached hydrogen (secondary N) is 1. The van der Waals surface area contributed by atoms with E-state index >= 15 is 0 Å². The second-order valence-corrected chi connectivity index (χ2v) is 15.7. The molecule has 4 bridgehead atoms. The largest absolute Gasteiger partial charge is 0.493 e. The molecule has 2 fully saturated rings. The lowest BCUT2D eigenvalue weighted by atomic mass is 9.96. The molecule has 3 aliphatic rings. The number of amides is 3. The van der Waals surface area contributed by atoms with Gasteiger partial charge in [0, 0.05) is 51.3 Å². The highest BCUT2D eigenvalue weighted by molar-refractivity contribution is 7.89. The molecule has 2 saturated heterocycles. The fraction of sp³-hybridized carbons (Fsp3) is 0.559. The number of fused-ring (bicyclic) bond motifs is 4. The van der Waals surface area contributed by atoms with Crippen LogP contribution in [0.1, 0.15) is 57.6 Å². The first-order valence-electron chi connectivity index (χ1n) is 16.2. The third-order valence-corrected chi connectivity index (χ3v) is 10.6. The third-order valence-electron chi connectivity index (χ3n) is 8.69. The fourth-order valence-electron chi connectivity index (χ4n) is 6.44. The van der Waals surface area contributed by atoms with Crippen molar-refractivity contribution in [3.05, 3.63) is 59.4 Å². The van der Waals surface area contributed by atoms with Gasteiger partial charge in [-0.05, 0) is 88.8 Å². The van der Waals surface area contributed by atoms with Crippen LogP contribution in [-0.4, -0.2) is 97.4 Å². The van der Waals surface area contributed by atoms with E-state index in [1.54, 1.807) is 49.9 Å². The number of nitrogens with zero attached hydrogens (tertiary/aromatic N) is 3. The maximum Gasteiger partial charge on any atom is 0.410 e. The minimum absolute atomic E-state index is 0.0326. The van der Waals surface area contributed by atoms with Crippen LogP contribution in [0.2, 0.25) is 0 Å². The van der Waals surface area contributed by atoms with Gasteiger partial charge < -0.3 is 24.6 Å². The van der Waals surface area contributed by atoms with E-state index < -0.39 is 45.5 Å². The number of carbonyl (C=O) groups is 3. The van der Waals surface area contributed by atoms with Gasteiger partial charge in [0.2, 0.25) is 21.8 Å². The van der Waals surface area contributed by atoms with Gasteiger partial charge in [-0.15, -0.1) is 0 Å². The van der Waals surface area contributed by atoms with Crippen LogP contribution < -0.4 is 10.1 Å². The number of aryl methyl sites for hydroxylation is 1. The van der Waals surface area contributed by atoms with E-state index in [-0.39, 0.29) is 55.6 Å². The van der Waals surface area contributed by atoms with E-state index in [9.17, 15) is 27.2 Å². The topological polar surface area (TPSA) is 126 Å². The Hall–Kier alpha value is -3.71. The number of ether oxygens (including phenoxy) is 2. The molecule has 256 valence electrons. The summed E-state index contributed by atoms with van der Waals surface area (Å²) in [7, 11) is -3.90. The maximum absolute atomic E-state index is 14.8. The second-order valence-electron chi connectivity index (χ2n) is 13.7. The summed E-state index contributed by atoms with van der Waals surface area (Å²) >= 11 is 0. The first kappa shape index (κ1) is 34.6. The first-order valence-corrected chi connectivity index (χ1v) is 17.7. The number of halogens is 1. The molecule has 47 heavy (non-hydrogen) atoms. The van der Waals surface area contributed by atoms with Crippen LogP contribution in [0.4, 0.5) is 9.18 Å². The summed E-state index contributed by atoms with van der Waals surface area (Å²) in [5, 5.41) is 3.08. The average molecular weight is 673 g/mol. The maximum atomic E-state index is 14.8. The predicted octanol–water partition coefficient (Wildman–Crippen LogP) is 3.88. The summed E-state index contributed by atoms with van der Waals surface area (Å²) in [6.45, 7) is 8.36. The lowest BCUT2D eigenvalue weighted by Gasteiger charge is -2.42. The molecule has 1 N–H and O–H groups in total. The van der Waals surface area contributed by atoms with Gasteiger partial charge in [0.15, 0.2) is 0 Å². The first-order chi connectivity index (χ1) is 22.2. The van der Waals surface area contributed by atoms with Gasteiger partial charge in [0.05, 0.1) is 23.5 Å². The summed E-state index contributed by atoms with van der Waals surface area (Å²) in [6.07, 6.45) is 1.20. The minimum Gasteiger partial charge on any atom is -0.493 e. The Morgan fingerprint density at radius 2 is 1.83 bits per heavy atom. The Morgan fingerprint density at radius 3 is 2.57 bits per heavy atom. The third kappa shape index (κ3) is 8.81. The molecule has 2 aromatic rings. The Balaban J connectivity index is 1.47. The number of hydrogen-bond acceptors (Lipinski definition) is 7. The molecule has 3 aliphatic heterocycles. The van der Waals surface area contributed by atoms with Gasteiger partial charge in [-0.3, -0.25) is 9.59 Å². The van der Waals surface area contributed by atoms with Gasteiger partial charge in [-0.2, -0.15) is 4.31 Å². The summed E-state index contributed by atoms with van der Waals surface area (Å²) < 4.78 is 55.2. The highest BCUT2D eigenvalue weighted by atomic mass is 32.2. The zero-order valence-electron chi connectivity index (χ0n) is 27.5. The molecule has 11 nitrogen and oxygen atoms in total. The Morgan fingerprint density at radius 1 is 1.04 bits per heavy atom. The SMILES string of the molecule is Cc1cccc(S(=O)(=O)N2CCN(C(=O)OC(C)(C)C)[C@@H](C[C@@H]3Cc4cc(F)cc(c4)OCCCCN4CC(CC4=O)C(=O)N3)C2)c1. The van der Waals surface area contributed by atoms with Crippen LogP contribution in [0.15, 0.2) is 47.4 Å². The molecule has 3 atom stereocenters. The van der Waals surface area contributed by atoms with E-state index in [2.05, 4.69) is 5.32 Å². The van der Waals surface area contributed by atoms with Crippen molar-refractivity contribution in [2.75, 3.05) is 39.3 Å². The van der Waals surface area contributed by atoms with Crippen LogP contribution >= 0.6 is 0 Å². The van der Waals surface area contributed by atoms with Crippen molar-refractivity contribution in [2.45, 2.75) is 82.4 Å². The number of hydrogen-bond donors (Lipinski definition) is 1. The molecule has 2 aromatic carbocycles. The molecule has 0 radical (unpaired) electrons. The van der Waals surface area contributed by atoms with Crippen molar-refractivity contribution in [1.82, 2.24) is 19.4 Å². The van der Waals surface area contributed by atoms with Crippen LogP contribution in [0.25, 0.3) is 0 Å². The molecule has 0 saturated carbocycles. The zero-order valence-corrected chi connectivity index (χ0v) is 28.4. The molecule has 0 aromatic heterocycles. The summed E-state index contributed by atoms with van der Waals surface area (Å²) in [4.78, 5) is 43.2. The summed E-state index contributed by atoms with van der Waals surface area (Å²) in [6, 6.07) is 9.78. The van der Waals surface area contributed by atoms with E-state index in [1.807, 2.05) is 13.0 Å². The number of carbonyl (C=O) groups excluding carboxylic acids is 3. The standard InChI is InChI=1S/C34H45FN4O7S/c1-23-8-7-9-30(14-23)47(43,44)38-11-12-39(33(42)46-34(2,3)4)28(22-38)20-27-16-24-15-26(35)19-29(17-24)45-13-6-5-10-37-21-25(18-31(37)40)32(41)36-27/h7-9,14-15,17,19,25,27-28H,5-6,10-13,16,18,20-22H2,1-4H3,(H,36,41)/t25?,27-,28-/m0/s1. The summed E-state index contributed by atoms with van der Waals surface area (Å²) in [5.41, 5.74) is 0.589. The minimum atomic E-state index is -3.90. The lowest BCUT2D eigenvalue weighted by Crippen LogP contribution is -2.59. The van der Waals surface area contributed by atoms with Crippen molar-refractivity contribution in [3.63, 3.8) is 0 Å². The van der Waals surface area contributed by atoms with E-state index in [0.717, 1.165) is 5.56 Å².